The second-order valence-electron chi connectivity index (χ2n) is 6.06. The summed E-state index contributed by atoms with van der Waals surface area (Å²) < 4.78 is 0.987. The van der Waals surface area contributed by atoms with Crippen molar-refractivity contribution in [3.05, 3.63) is 85.5 Å². The maximum atomic E-state index is 12.5. The third-order valence-electron chi connectivity index (χ3n) is 4.49. The van der Waals surface area contributed by atoms with Gasteiger partial charge < -0.3 is 5.11 Å². The van der Waals surface area contributed by atoms with Crippen molar-refractivity contribution in [2.45, 2.75) is 6.92 Å². The number of hydrogen-bond acceptors (Lipinski definition) is 4. The molecule has 7 heteroatoms. The minimum absolute atomic E-state index is 0.00678. The van der Waals surface area contributed by atoms with Gasteiger partial charge in [0.2, 0.25) is 5.88 Å². The van der Waals surface area contributed by atoms with E-state index in [1.807, 2.05) is 24.3 Å². The van der Waals surface area contributed by atoms with Gasteiger partial charge in [-0.2, -0.15) is 0 Å². The lowest BCUT2D eigenvalue weighted by atomic mass is 9.98. The fourth-order valence-corrected chi connectivity index (χ4v) is 3.39. The Hall–Kier alpha value is -3.38. The topological polar surface area (TPSA) is 87.4 Å². The molecule has 2 N–H and O–H groups in total. The van der Waals surface area contributed by atoms with E-state index in [-0.39, 0.29) is 16.3 Å². The Bertz CT molecular complexity index is 1250. The molecule has 3 aromatic rings. The van der Waals surface area contributed by atoms with Crippen LogP contribution in [0.4, 0.5) is 5.69 Å². The highest BCUT2D eigenvalue weighted by molar-refractivity contribution is 6.32. The van der Waals surface area contributed by atoms with Crippen molar-refractivity contribution in [1.29, 1.82) is 0 Å². The lowest BCUT2D eigenvalue weighted by molar-refractivity contribution is 0.429. The zero-order valence-electron chi connectivity index (χ0n) is 14.2. The molecule has 0 fully saturated rings. The van der Waals surface area contributed by atoms with Gasteiger partial charge in [-0.25, -0.2) is 9.36 Å². The van der Waals surface area contributed by atoms with Crippen LogP contribution in [0, 0.1) is 0 Å². The van der Waals surface area contributed by atoms with E-state index in [2.05, 4.69) is 9.98 Å². The number of allylic oxidation sites excluding steroid dienone is 2. The number of aromatic amines is 1. The summed E-state index contributed by atoms with van der Waals surface area (Å²) in [6, 6.07) is 14.1. The Morgan fingerprint density at radius 3 is 2.59 bits per heavy atom. The van der Waals surface area contributed by atoms with Crippen LogP contribution in [0.1, 0.15) is 18.1 Å². The van der Waals surface area contributed by atoms with Crippen molar-refractivity contribution in [1.82, 2.24) is 9.55 Å². The Kier molecular flexibility index (Phi) is 4.05. The summed E-state index contributed by atoms with van der Waals surface area (Å²) >= 11 is 6.17. The van der Waals surface area contributed by atoms with Crippen molar-refractivity contribution >= 4 is 34.6 Å². The number of rotatable bonds is 2. The third kappa shape index (κ3) is 2.71. The van der Waals surface area contributed by atoms with Gasteiger partial charge in [-0.1, -0.05) is 41.9 Å². The van der Waals surface area contributed by atoms with Gasteiger partial charge in [-0.3, -0.25) is 14.8 Å². The Labute approximate surface area is 158 Å². The minimum Gasteiger partial charge on any atom is -0.494 e. The monoisotopic (exact) mass is 379 g/mol. The van der Waals surface area contributed by atoms with Crippen LogP contribution in [0.25, 0.3) is 16.8 Å². The number of halogens is 1. The van der Waals surface area contributed by atoms with Gasteiger partial charge in [0.25, 0.3) is 5.56 Å². The van der Waals surface area contributed by atoms with Crippen LogP contribution in [0.2, 0.25) is 5.02 Å². The Balaban J connectivity index is 2.01. The number of para-hydroxylation sites is 2. The van der Waals surface area contributed by atoms with Gasteiger partial charge in [0.05, 0.1) is 16.4 Å². The molecule has 1 aliphatic rings. The Morgan fingerprint density at radius 2 is 1.81 bits per heavy atom. The molecule has 0 spiro atoms. The second-order valence-corrected chi connectivity index (χ2v) is 6.47. The zero-order valence-corrected chi connectivity index (χ0v) is 15.0. The lowest BCUT2D eigenvalue weighted by Crippen LogP contribution is -2.31. The number of aromatic nitrogens is 2. The van der Waals surface area contributed by atoms with Gasteiger partial charge in [0.1, 0.15) is 5.56 Å². The molecule has 27 heavy (non-hydrogen) atoms. The van der Waals surface area contributed by atoms with Crippen LogP contribution >= 0.6 is 11.6 Å². The van der Waals surface area contributed by atoms with Crippen LogP contribution in [-0.2, 0) is 0 Å². The molecule has 0 aliphatic carbocycles. The van der Waals surface area contributed by atoms with E-state index < -0.39 is 17.1 Å². The SMILES string of the molecule is CC(=C1C=Nc2ccccc21)c1c(O)n(-c2ccccc2Cl)c(=O)[nH]c1=O. The highest BCUT2D eigenvalue weighted by Crippen LogP contribution is 2.37. The van der Waals surface area contributed by atoms with E-state index in [9.17, 15) is 14.7 Å². The largest absolute Gasteiger partial charge is 0.494 e. The van der Waals surface area contributed by atoms with E-state index in [0.717, 1.165) is 15.8 Å². The van der Waals surface area contributed by atoms with Gasteiger partial charge in [-0.05, 0) is 30.7 Å². The first-order valence-corrected chi connectivity index (χ1v) is 8.54. The number of nitrogens with zero attached hydrogens (tertiary/aromatic N) is 2. The summed E-state index contributed by atoms with van der Waals surface area (Å²) in [5.74, 6) is -0.473. The smallest absolute Gasteiger partial charge is 0.335 e. The highest BCUT2D eigenvalue weighted by Gasteiger charge is 2.22. The zero-order chi connectivity index (χ0) is 19.1. The number of benzene rings is 2. The molecule has 4 rings (SSSR count). The van der Waals surface area contributed by atoms with E-state index in [1.54, 1.807) is 37.4 Å². The Morgan fingerprint density at radius 1 is 1.11 bits per heavy atom. The molecular weight excluding hydrogens is 366 g/mol. The number of nitrogens with one attached hydrogen (secondary N) is 1. The van der Waals surface area contributed by atoms with E-state index in [4.69, 9.17) is 11.6 Å². The molecule has 0 radical (unpaired) electrons. The van der Waals surface area contributed by atoms with Crippen LogP contribution in [0.3, 0.4) is 0 Å². The molecule has 1 aromatic heterocycles. The molecule has 1 aliphatic heterocycles. The number of aromatic hydroxyl groups is 1. The maximum absolute atomic E-state index is 12.5. The molecular formula is C20H14ClN3O3. The molecule has 6 nitrogen and oxygen atoms in total. The van der Waals surface area contributed by atoms with Crippen molar-refractivity contribution in [2.24, 2.45) is 4.99 Å². The fourth-order valence-electron chi connectivity index (χ4n) is 3.17. The van der Waals surface area contributed by atoms with Crippen LogP contribution in [0.5, 0.6) is 5.88 Å². The van der Waals surface area contributed by atoms with Crippen LogP contribution < -0.4 is 11.2 Å². The van der Waals surface area contributed by atoms with Crippen LogP contribution in [0.15, 0.2) is 63.1 Å². The van der Waals surface area contributed by atoms with Crippen molar-refractivity contribution in [3.63, 3.8) is 0 Å². The summed E-state index contributed by atoms with van der Waals surface area (Å²) in [5, 5.41) is 11.1. The van der Waals surface area contributed by atoms with Crippen molar-refractivity contribution < 1.29 is 5.11 Å². The van der Waals surface area contributed by atoms with Gasteiger partial charge in [-0.15, -0.1) is 0 Å². The summed E-state index contributed by atoms with van der Waals surface area (Å²) in [6.07, 6.45) is 1.64. The van der Waals surface area contributed by atoms with E-state index in [1.165, 1.54) is 0 Å². The van der Waals surface area contributed by atoms with Gasteiger partial charge in [0.15, 0.2) is 0 Å². The maximum Gasteiger partial charge on any atom is 0.335 e. The molecule has 0 bridgehead atoms. The summed E-state index contributed by atoms with van der Waals surface area (Å²) in [5.41, 5.74) is 1.66. The summed E-state index contributed by atoms with van der Waals surface area (Å²) in [4.78, 5) is 31.4. The standard InChI is InChI=1S/C20H14ClN3O3/c1-11(13-10-22-15-8-4-2-6-12(13)15)17-18(25)23-20(27)24(19(17)26)16-9-5-3-7-14(16)21/h2-10,26H,1H3,(H,23,25,27). The summed E-state index contributed by atoms with van der Waals surface area (Å²) in [7, 11) is 0. The predicted molar refractivity (Wildman–Crippen MR) is 106 cm³/mol. The molecule has 0 saturated carbocycles. The number of fused-ring (bicyclic) bond motifs is 1. The summed E-state index contributed by atoms with van der Waals surface area (Å²) in [6.45, 7) is 1.70. The van der Waals surface area contributed by atoms with Gasteiger partial charge >= 0.3 is 5.69 Å². The first-order chi connectivity index (χ1) is 13.0. The number of aliphatic imine (C=N–C) groups is 1. The molecule has 0 amide bonds. The number of H-pyrrole nitrogens is 1. The molecule has 0 unspecified atom stereocenters. The molecule has 2 aromatic carbocycles. The van der Waals surface area contributed by atoms with Gasteiger partial charge in [0, 0.05) is 17.4 Å². The van der Waals surface area contributed by atoms with Crippen molar-refractivity contribution in [2.75, 3.05) is 0 Å². The fraction of sp³-hybridized carbons (Fsp3) is 0.0500. The lowest BCUT2D eigenvalue weighted by Gasteiger charge is -2.14. The highest BCUT2D eigenvalue weighted by atomic mass is 35.5. The molecule has 0 saturated heterocycles. The average molecular weight is 380 g/mol. The average Bonchev–Trinajstić information content (AvgIpc) is 3.07. The number of hydrogen-bond donors (Lipinski definition) is 2. The van der Waals surface area contributed by atoms with E-state index >= 15 is 0 Å². The predicted octanol–water partition coefficient (Wildman–Crippen LogP) is 3.53. The second kappa shape index (κ2) is 6.41. The van der Waals surface area contributed by atoms with Crippen LogP contribution in [-0.4, -0.2) is 20.9 Å². The first kappa shape index (κ1) is 17.1. The quantitative estimate of drug-likeness (QED) is 0.714. The van der Waals surface area contributed by atoms with E-state index in [0.29, 0.717) is 11.1 Å². The molecule has 2 heterocycles. The molecule has 0 atom stereocenters. The normalized spacial score (nSPS) is 14.3. The third-order valence-corrected chi connectivity index (χ3v) is 4.80. The molecule has 134 valence electrons. The first-order valence-electron chi connectivity index (χ1n) is 8.17. The minimum atomic E-state index is -0.771. The van der Waals surface area contributed by atoms with Crippen molar-refractivity contribution in [3.8, 4) is 11.6 Å².